The van der Waals surface area contributed by atoms with E-state index in [9.17, 15) is 4.79 Å². The highest BCUT2D eigenvalue weighted by Crippen LogP contribution is 2.52. The summed E-state index contributed by atoms with van der Waals surface area (Å²) in [5.41, 5.74) is 7.17. The van der Waals surface area contributed by atoms with E-state index in [0.29, 0.717) is 6.54 Å². The summed E-state index contributed by atoms with van der Waals surface area (Å²) in [6.45, 7) is 8.67. The maximum Gasteiger partial charge on any atom is 0.427 e. The van der Waals surface area contributed by atoms with Gasteiger partial charge in [-0.2, -0.15) is 4.58 Å². The van der Waals surface area contributed by atoms with Crippen molar-refractivity contribution in [3.05, 3.63) is 177 Å². The number of likely N-dealkylation sites (N-methyl/N-ethyl adjacent to an activating group) is 1. The number of allylic oxidation sites excluding steroid dienone is 2. The Morgan fingerprint density at radius 2 is 0.980 bits per heavy atom. The lowest BCUT2D eigenvalue weighted by molar-refractivity contribution is -0.435. The lowest BCUT2D eigenvalue weighted by Gasteiger charge is -2.21. The number of rotatable bonds is 9. The summed E-state index contributed by atoms with van der Waals surface area (Å²) in [5.74, 6) is 0.0485. The van der Waals surface area contributed by atoms with E-state index < -0.39 is 0 Å². The van der Waals surface area contributed by atoms with E-state index in [4.69, 9.17) is 0 Å². The van der Waals surface area contributed by atoms with E-state index in [-0.39, 0.29) is 5.91 Å². The quantitative estimate of drug-likeness (QED) is 0.128. The van der Waals surface area contributed by atoms with Gasteiger partial charge in [-0.25, -0.2) is 4.79 Å². The smallest absolute Gasteiger partial charge is 0.335 e. The molecule has 0 atom stereocenters. The second-order valence-electron chi connectivity index (χ2n) is 11.5. The molecule has 1 amide bonds. The fourth-order valence-corrected chi connectivity index (χ4v) is 9.96. The predicted octanol–water partition coefficient (Wildman–Crippen LogP) is 10.4. The van der Waals surface area contributed by atoms with Crippen LogP contribution in [0.4, 0.5) is 0 Å². The van der Waals surface area contributed by atoms with E-state index >= 15 is 0 Å². The molecule has 0 fully saturated rings. The van der Waals surface area contributed by atoms with Gasteiger partial charge in [0, 0.05) is 29.0 Å². The molecule has 7 heteroatoms. The lowest BCUT2D eigenvalue weighted by atomic mass is 10.1. The molecule has 0 aliphatic carbocycles. The Morgan fingerprint density at radius 1 is 0.551 bits per heavy atom. The Labute approximate surface area is 302 Å². The summed E-state index contributed by atoms with van der Waals surface area (Å²) >= 11 is 5.12. The van der Waals surface area contributed by atoms with E-state index in [1.165, 1.54) is 43.5 Å². The minimum absolute atomic E-state index is 0.0485. The molecule has 3 heterocycles. The van der Waals surface area contributed by atoms with Gasteiger partial charge in [-0.3, -0.25) is 0 Å². The molecule has 244 valence electrons. The van der Waals surface area contributed by atoms with Gasteiger partial charge in [-0.05, 0) is 66.9 Å². The average molecular weight is 697 g/mol. The number of hydrogen-bond acceptors (Lipinski definition) is 6. The maximum absolute atomic E-state index is 13.9. The van der Waals surface area contributed by atoms with Crippen LogP contribution in [0.25, 0.3) is 21.2 Å². The van der Waals surface area contributed by atoms with Crippen molar-refractivity contribution in [3.63, 3.8) is 0 Å². The zero-order valence-corrected chi connectivity index (χ0v) is 30.3. The molecule has 4 nitrogen and oxygen atoms in total. The zero-order chi connectivity index (χ0) is 33.7. The summed E-state index contributed by atoms with van der Waals surface area (Å²) in [6, 6.07) is 42.4. The van der Waals surface area contributed by atoms with E-state index in [1.54, 1.807) is 35.3 Å². The van der Waals surface area contributed by atoms with Crippen molar-refractivity contribution in [2.75, 3.05) is 19.6 Å². The molecule has 4 aromatic carbocycles. The first kappa shape index (κ1) is 33.1. The van der Waals surface area contributed by atoms with Gasteiger partial charge in [0.2, 0.25) is 0 Å². The number of carbonyl (C=O) groups is 1. The first-order valence-electron chi connectivity index (χ1n) is 16.7. The minimum Gasteiger partial charge on any atom is -0.335 e. The van der Waals surface area contributed by atoms with Gasteiger partial charge in [-0.1, -0.05) is 145 Å². The van der Waals surface area contributed by atoms with Crippen LogP contribution >= 0.6 is 35.3 Å². The van der Waals surface area contributed by atoms with Gasteiger partial charge < -0.3 is 9.80 Å². The Hall–Kier alpha value is -4.43. The van der Waals surface area contributed by atoms with Crippen molar-refractivity contribution in [1.29, 1.82) is 0 Å². The Bertz CT molecular complexity index is 2050. The molecular weight excluding hydrogens is 659 g/mol. The van der Waals surface area contributed by atoms with Gasteiger partial charge in [0.05, 0.1) is 21.5 Å². The molecule has 7 rings (SSSR count). The van der Waals surface area contributed by atoms with Crippen LogP contribution in [0.1, 0.15) is 43.0 Å². The molecule has 0 saturated carbocycles. The normalized spacial score (nSPS) is 19.2. The van der Waals surface area contributed by atoms with Crippen LogP contribution in [0.2, 0.25) is 0 Å². The van der Waals surface area contributed by atoms with E-state index in [1.807, 2.05) is 10.7 Å². The van der Waals surface area contributed by atoms with E-state index in [2.05, 4.69) is 164 Å². The first-order chi connectivity index (χ1) is 24.1. The number of thioether (sulfide) groups is 3. The molecule has 0 unspecified atom stereocenters. The number of hydrogen-bond donors (Lipinski definition) is 0. The number of benzene rings is 4. The molecule has 0 N–H and O–H groups in total. The monoisotopic (exact) mass is 696 g/mol. The Kier molecular flexibility index (Phi) is 10.1. The summed E-state index contributed by atoms with van der Waals surface area (Å²) in [6.07, 6.45) is 6.35. The van der Waals surface area contributed by atoms with Gasteiger partial charge >= 0.3 is 5.91 Å². The first-order valence-corrected chi connectivity index (χ1v) is 19.2. The Morgan fingerprint density at radius 3 is 1.43 bits per heavy atom. The fourth-order valence-electron chi connectivity index (χ4n) is 6.29. The van der Waals surface area contributed by atoms with Crippen LogP contribution in [0.3, 0.4) is 0 Å². The summed E-state index contributed by atoms with van der Waals surface area (Å²) < 4.78 is 1.90. The van der Waals surface area contributed by atoms with Crippen molar-refractivity contribution >= 4 is 67.4 Å². The molecule has 0 radical (unpaired) electrons. The fraction of sp³-hybridized carbons (Fsp3) is 0.143. The standard InChI is InChI=1S/C42H38N3OS3/c1-4-43-35(48-40(32-23-15-9-16-24-32)38(43)30-19-11-7-12-20-30)28-27-34-42(46)45(6-3)37(47-34)29-36-44(5-2)39(31-21-13-8-14-22-31)41(49-36)33-25-17-10-18-26-33/h7-29H,4-6H2,1-3H3/q+1/b34-27+,35-28+. The third kappa shape index (κ3) is 6.63. The SMILES string of the molecule is CCN1C(c2ccccc2)=C(c2ccccc2)S/C1=C\C1=[N+](CC)C(=O)/C(=C\C=C2\SC(c3ccccc3)=C(c3ccccc3)N2CC)S1. The highest BCUT2D eigenvalue weighted by atomic mass is 32.2. The van der Waals surface area contributed by atoms with Crippen molar-refractivity contribution < 1.29 is 9.37 Å². The van der Waals surface area contributed by atoms with Crippen LogP contribution in [-0.2, 0) is 4.79 Å². The molecule has 49 heavy (non-hydrogen) atoms. The zero-order valence-electron chi connectivity index (χ0n) is 27.9. The molecule has 0 spiro atoms. The van der Waals surface area contributed by atoms with Crippen molar-refractivity contribution in [2.45, 2.75) is 20.8 Å². The molecule has 3 aliphatic heterocycles. The second-order valence-corrected chi connectivity index (χ2v) is 14.6. The number of carbonyl (C=O) groups excluding carboxylic acids is 1. The summed E-state index contributed by atoms with van der Waals surface area (Å²) in [4.78, 5) is 21.8. The van der Waals surface area contributed by atoms with Gasteiger partial charge in [0.15, 0.2) is 6.54 Å². The molecule has 3 aliphatic rings. The molecule has 0 saturated heterocycles. The van der Waals surface area contributed by atoms with Crippen LogP contribution in [-0.4, -0.2) is 45.0 Å². The van der Waals surface area contributed by atoms with E-state index in [0.717, 1.165) is 33.1 Å². The summed E-state index contributed by atoms with van der Waals surface area (Å²) in [5, 5.41) is 3.20. The van der Waals surface area contributed by atoms with Crippen molar-refractivity contribution in [3.8, 4) is 0 Å². The third-order valence-corrected chi connectivity index (χ3v) is 12.0. The second kappa shape index (κ2) is 15.0. The van der Waals surface area contributed by atoms with Gasteiger partial charge in [0.1, 0.15) is 4.91 Å². The van der Waals surface area contributed by atoms with Crippen LogP contribution < -0.4 is 0 Å². The molecule has 0 bridgehead atoms. The average Bonchev–Trinajstić information content (AvgIpc) is 3.82. The highest BCUT2D eigenvalue weighted by molar-refractivity contribution is 8.18. The molecular formula is C42H38N3OS3+. The van der Waals surface area contributed by atoms with Crippen LogP contribution in [0.5, 0.6) is 0 Å². The van der Waals surface area contributed by atoms with Crippen molar-refractivity contribution in [1.82, 2.24) is 9.80 Å². The highest BCUT2D eigenvalue weighted by Gasteiger charge is 2.38. The topological polar surface area (TPSA) is 26.6 Å². The van der Waals surface area contributed by atoms with Gasteiger partial charge in [-0.15, -0.1) is 0 Å². The molecule has 0 aromatic heterocycles. The number of amides is 1. The van der Waals surface area contributed by atoms with Crippen LogP contribution in [0, 0.1) is 0 Å². The Balaban J connectivity index is 1.21. The third-order valence-electron chi connectivity index (χ3n) is 8.59. The summed E-state index contributed by atoms with van der Waals surface area (Å²) in [7, 11) is 0. The van der Waals surface area contributed by atoms with Crippen LogP contribution in [0.15, 0.2) is 155 Å². The number of nitrogens with zero attached hydrogens (tertiary/aromatic N) is 3. The van der Waals surface area contributed by atoms with Gasteiger partial charge in [0.25, 0.3) is 5.04 Å². The predicted molar refractivity (Wildman–Crippen MR) is 212 cm³/mol. The largest absolute Gasteiger partial charge is 0.427 e. The lowest BCUT2D eigenvalue weighted by Crippen LogP contribution is -2.21. The minimum atomic E-state index is 0.0485. The maximum atomic E-state index is 13.9. The molecule has 4 aromatic rings. The van der Waals surface area contributed by atoms with Crippen molar-refractivity contribution in [2.24, 2.45) is 0 Å².